The van der Waals surface area contributed by atoms with Gasteiger partial charge in [0.05, 0.1) is 24.5 Å². The van der Waals surface area contributed by atoms with Gasteiger partial charge in [-0.3, -0.25) is 9.48 Å². The SMILES string of the molecule is COCC1c2c(cnn2CC2CC2)CCN1C(=O)CCc1ccccc1. The summed E-state index contributed by atoms with van der Waals surface area (Å²) in [5.41, 5.74) is 3.68. The molecule has 138 valence electrons. The Labute approximate surface area is 154 Å². The summed E-state index contributed by atoms with van der Waals surface area (Å²) in [5.74, 6) is 0.965. The van der Waals surface area contributed by atoms with Crippen LogP contribution < -0.4 is 0 Å². The predicted octanol–water partition coefficient (Wildman–Crippen LogP) is 3.00. The van der Waals surface area contributed by atoms with E-state index in [9.17, 15) is 4.79 Å². The van der Waals surface area contributed by atoms with Gasteiger partial charge in [0.25, 0.3) is 0 Å². The molecule has 1 unspecified atom stereocenters. The first-order chi connectivity index (χ1) is 12.8. The van der Waals surface area contributed by atoms with Gasteiger partial charge >= 0.3 is 0 Å². The van der Waals surface area contributed by atoms with Crippen molar-refractivity contribution < 1.29 is 9.53 Å². The van der Waals surface area contributed by atoms with E-state index in [0.717, 1.165) is 31.8 Å². The van der Waals surface area contributed by atoms with Crippen LogP contribution in [0.5, 0.6) is 0 Å². The zero-order valence-electron chi connectivity index (χ0n) is 15.4. The Balaban J connectivity index is 1.50. The van der Waals surface area contributed by atoms with Gasteiger partial charge in [0.1, 0.15) is 0 Å². The Bertz CT molecular complexity index is 752. The van der Waals surface area contributed by atoms with Gasteiger partial charge in [-0.2, -0.15) is 5.10 Å². The minimum absolute atomic E-state index is 0.0201. The van der Waals surface area contributed by atoms with E-state index in [2.05, 4.69) is 21.9 Å². The molecule has 1 aromatic carbocycles. The Morgan fingerprint density at radius 1 is 1.27 bits per heavy atom. The lowest BCUT2D eigenvalue weighted by atomic mass is 9.99. The molecule has 1 fully saturated rings. The highest BCUT2D eigenvalue weighted by Crippen LogP contribution is 2.35. The second-order valence-electron chi connectivity index (χ2n) is 7.47. The van der Waals surface area contributed by atoms with Crippen molar-refractivity contribution in [1.29, 1.82) is 0 Å². The molecule has 1 atom stereocenters. The van der Waals surface area contributed by atoms with Gasteiger partial charge in [0.15, 0.2) is 0 Å². The number of benzene rings is 1. The molecule has 0 N–H and O–H groups in total. The van der Waals surface area contributed by atoms with Crippen molar-refractivity contribution in [2.75, 3.05) is 20.3 Å². The molecule has 2 heterocycles. The molecule has 26 heavy (non-hydrogen) atoms. The van der Waals surface area contributed by atoms with Gasteiger partial charge in [-0.25, -0.2) is 0 Å². The minimum Gasteiger partial charge on any atom is -0.382 e. The van der Waals surface area contributed by atoms with E-state index in [0.29, 0.717) is 13.0 Å². The highest BCUT2D eigenvalue weighted by Gasteiger charge is 2.35. The summed E-state index contributed by atoms with van der Waals surface area (Å²) in [7, 11) is 1.71. The van der Waals surface area contributed by atoms with Gasteiger partial charge in [0, 0.05) is 26.6 Å². The summed E-state index contributed by atoms with van der Waals surface area (Å²) < 4.78 is 7.62. The second kappa shape index (κ2) is 7.62. The molecule has 5 heteroatoms. The highest BCUT2D eigenvalue weighted by molar-refractivity contribution is 5.77. The first kappa shape index (κ1) is 17.3. The lowest BCUT2D eigenvalue weighted by molar-refractivity contribution is -0.135. The molecule has 2 aromatic rings. The number of fused-ring (bicyclic) bond motifs is 1. The number of methoxy groups -OCH3 is 1. The number of aryl methyl sites for hydroxylation is 1. The number of nitrogens with zero attached hydrogens (tertiary/aromatic N) is 3. The van der Waals surface area contributed by atoms with E-state index in [1.807, 2.05) is 29.3 Å². The van der Waals surface area contributed by atoms with Crippen molar-refractivity contribution in [3.8, 4) is 0 Å². The van der Waals surface area contributed by atoms with Crippen LogP contribution in [-0.4, -0.2) is 40.8 Å². The van der Waals surface area contributed by atoms with Crippen LogP contribution in [0.25, 0.3) is 0 Å². The first-order valence-corrected chi connectivity index (χ1v) is 9.63. The third-order valence-electron chi connectivity index (χ3n) is 5.52. The van der Waals surface area contributed by atoms with Crippen LogP contribution in [0.15, 0.2) is 36.5 Å². The third-order valence-corrected chi connectivity index (χ3v) is 5.52. The topological polar surface area (TPSA) is 47.4 Å². The minimum atomic E-state index is -0.0201. The molecule has 1 aliphatic heterocycles. The van der Waals surface area contributed by atoms with Crippen LogP contribution in [0.3, 0.4) is 0 Å². The van der Waals surface area contributed by atoms with Crippen LogP contribution in [0.2, 0.25) is 0 Å². The summed E-state index contributed by atoms with van der Waals surface area (Å²) in [5, 5.41) is 4.62. The van der Waals surface area contributed by atoms with Crippen molar-refractivity contribution in [3.63, 3.8) is 0 Å². The molecule has 2 aliphatic rings. The largest absolute Gasteiger partial charge is 0.382 e. The fourth-order valence-corrected chi connectivity index (χ4v) is 3.91. The van der Waals surface area contributed by atoms with Crippen LogP contribution in [0, 0.1) is 5.92 Å². The fraction of sp³-hybridized carbons (Fsp3) is 0.524. The molecule has 1 aliphatic carbocycles. The number of rotatable bonds is 7. The standard InChI is InChI=1S/C21H27N3O2/c1-26-15-19-21-18(13-22-24(21)14-17-7-8-17)11-12-23(19)20(25)10-9-16-5-3-2-4-6-16/h2-6,13,17,19H,7-12,14-15H2,1H3. The summed E-state index contributed by atoms with van der Waals surface area (Å²) in [6.45, 7) is 2.26. The summed E-state index contributed by atoms with van der Waals surface area (Å²) in [6.07, 6.45) is 6.79. The molecular formula is C21H27N3O2. The summed E-state index contributed by atoms with van der Waals surface area (Å²) in [6, 6.07) is 10.2. The van der Waals surface area contributed by atoms with Crippen molar-refractivity contribution in [1.82, 2.24) is 14.7 Å². The smallest absolute Gasteiger partial charge is 0.223 e. The number of carbonyl (C=O) groups is 1. The third kappa shape index (κ3) is 3.68. The zero-order valence-corrected chi connectivity index (χ0v) is 15.4. The van der Waals surface area contributed by atoms with Gasteiger partial charge in [0.2, 0.25) is 5.91 Å². The average molecular weight is 353 g/mol. The van der Waals surface area contributed by atoms with Gasteiger partial charge in [-0.1, -0.05) is 30.3 Å². The Hall–Kier alpha value is -2.14. The molecule has 0 bridgehead atoms. The summed E-state index contributed by atoms with van der Waals surface area (Å²) >= 11 is 0. The molecule has 5 nitrogen and oxygen atoms in total. The van der Waals surface area contributed by atoms with Crippen LogP contribution in [0.4, 0.5) is 0 Å². The second-order valence-corrected chi connectivity index (χ2v) is 7.47. The van der Waals surface area contributed by atoms with Crippen LogP contribution >= 0.6 is 0 Å². The predicted molar refractivity (Wildman–Crippen MR) is 99.7 cm³/mol. The highest BCUT2D eigenvalue weighted by atomic mass is 16.5. The van der Waals surface area contributed by atoms with E-state index in [4.69, 9.17) is 4.74 Å². The Morgan fingerprint density at radius 3 is 2.81 bits per heavy atom. The number of hydrogen-bond acceptors (Lipinski definition) is 3. The molecule has 1 aromatic heterocycles. The fourth-order valence-electron chi connectivity index (χ4n) is 3.91. The maximum atomic E-state index is 13.0. The maximum absolute atomic E-state index is 13.0. The molecule has 4 rings (SSSR count). The van der Waals surface area contributed by atoms with Crippen molar-refractivity contribution in [2.24, 2.45) is 5.92 Å². The van der Waals surface area contributed by atoms with Crippen molar-refractivity contribution in [3.05, 3.63) is 53.3 Å². The first-order valence-electron chi connectivity index (χ1n) is 9.63. The van der Waals surface area contributed by atoms with E-state index < -0.39 is 0 Å². The number of hydrogen-bond donors (Lipinski definition) is 0. The van der Waals surface area contributed by atoms with E-state index >= 15 is 0 Å². The molecular weight excluding hydrogens is 326 g/mol. The monoisotopic (exact) mass is 353 g/mol. The number of carbonyl (C=O) groups excluding carboxylic acids is 1. The normalized spacial score (nSPS) is 19.4. The Morgan fingerprint density at radius 2 is 2.08 bits per heavy atom. The van der Waals surface area contributed by atoms with E-state index in [-0.39, 0.29) is 11.9 Å². The molecule has 0 radical (unpaired) electrons. The number of amides is 1. The average Bonchev–Trinajstić information content (AvgIpc) is 3.39. The molecule has 0 spiro atoms. The molecule has 0 saturated heterocycles. The maximum Gasteiger partial charge on any atom is 0.223 e. The number of ether oxygens (including phenoxy) is 1. The zero-order chi connectivity index (χ0) is 17.9. The molecule has 1 saturated carbocycles. The van der Waals surface area contributed by atoms with Crippen LogP contribution in [-0.2, 0) is 28.9 Å². The van der Waals surface area contributed by atoms with Gasteiger partial charge in [-0.15, -0.1) is 0 Å². The van der Waals surface area contributed by atoms with Gasteiger partial charge < -0.3 is 9.64 Å². The van der Waals surface area contributed by atoms with Crippen molar-refractivity contribution >= 4 is 5.91 Å². The van der Waals surface area contributed by atoms with Crippen molar-refractivity contribution in [2.45, 2.75) is 44.7 Å². The quantitative estimate of drug-likeness (QED) is 0.769. The van der Waals surface area contributed by atoms with E-state index in [1.165, 1.54) is 29.7 Å². The lowest BCUT2D eigenvalue weighted by Crippen LogP contribution is -2.43. The lowest BCUT2D eigenvalue weighted by Gasteiger charge is -2.36. The van der Waals surface area contributed by atoms with Gasteiger partial charge in [-0.05, 0) is 42.7 Å². The Kier molecular flexibility index (Phi) is 5.07. The van der Waals surface area contributed by atoms with E-state index in [1.54, 1.807) is 7.11 Å². The summed E-state index contributed by atoms with van der Waals surface area (Å²) in [4.78, 5) is 15.0. The van der Waals surface area contributed by atoms with Crippen LogP contribution in [0.1, 0.15) is 42.1 Å². The number of aromatic nitrogens is 2. The molecule has 1 amide bonds.